The van der Waals surface area contributed by atoms with E-state index in [-0.39, 0.29) is 35.5 Å². The van der Waals surface area contributed by atoms with Crippen molar-refractivity contribution in [2.45, 2.75) is 44.8 Å². The molecule has 4 rings (SSSR count). The Morgan fingerprint density at radius 2 is 1.96 bits per heavy atom. The minimum Gasteiger partial charge on any atom is -0.347 e. The van der Waals surface area contributed by atoms with Gasteiger partial charge in [-0.05, 0) is 45.8 Å². The minimum absolute atomic E-state index is 0.000855. The number of nitrogens with zero attached hydrogens (tertiary/aromatic N) is 4. The van der Waals surface area contributed by atoms with Crippen LogP contribution < -0.4 is 5.32 Å². The first-order valence-electron chi connectivity index (χ1n) is 9.43. The highest BCUT2D eigenvalue weighted by molar-refractivity contribution is 7.91. The van der Waals surface area contributed by atoms with E-state index in [1.807, 2.05) is 18.5 Å². The standard InChI is InChI=1S/C18H25N5O3S/c1-12(2)23-17-13(9-20-23)7-14(8-19-17)18(24)21-15-10-27(25,26)11-16(15)22-5-3-4-6-22/h7-9,12,15-16H,3-6,10-11H2,1-2H3,(H,21,24)/t15-,16-/m0/s1. The lowest BCUT2D eigenvalue weighted by Gasteiger charge is -2.28. The summed E-state index contributed by atoms with van der Waals surface area (Å²) < 4.78 is 26.1. The number of hydrogen-bond acceptors (Lipinski definition) is 6. The van der Waals surface area contributed by atoms with Crippen LogP contribution in [0, 0.1) is 0 Å². The van der Waals surface area contributed by atoms with Crippen LogP contribution in [0.2, 0.25) is 0 Å². The number of carbonyl (C=O) groups excluding carboxylic acids is 1. The van der Waals surface area contributed by atoms with Crippen molar-refractivity contribution in [3.8, 4) is 0 Å². The van der Waals surface area contributed by atoms with Gasteiger partial charge in [-0.1, -0.05) is 0 Å². The molecule has 2 aliphatic rings. The normalized spacial score (nSPS) is 25.4. The summed E-state index contributed by atoms with van der Waals surface area (Å²) in [6.45, 7) is 5.84. The van der Waals surface area contributed by atoms with Gasteiger partial charge in [0.1, 0.15) is 0 Å². The zero-order valence-electron chi connectivity index (χ0n) is 15.6. The van der Waals surface area contributed by atoms with Crippen LogP contribution in [0.4, 0.5) is 0 Å². The predicted molar refractivity (Wildman–Crippen MR) is 102 cm³/mol. The van der Waals surface area contributed by atoms with Crippen molar-refractivity contribution in [3.63, 3.8) is 0 Å². The van der Waals surface area contributed by atoms with Crippen LogP contribution in [0.25, 0.3) is 11.0 Å². The molecule has 0 radical (unpaired) electrons. The first kappa shape index (κ1) is 18.4. The second-order valence-electron chi connectivity index (χ2n) is 7.79. The maximum atomic E-state index is 12.8. The van der Waals surface area contributed by atoms with Crippen LogP contribution in [-0.4, -0.2) is 70.7 Å². The summed E-state index contributed by atoms with van der Waals surface area (Å²) >= 11 is 0. The maximum Gasteiger partial charge on any atom is 0.253 e. The van der Waals surface area contributed by atoms with Crippen LogP contribution in [0.1, 0.15) is 43.1 Å². The Morgan fingerprint density at radius 3 is 2.67 bits per heavy atom. The molecule has 27 heavy (non-hydrogen) atoms. The number of pyridine rings is 1. The number of aromatic nitrogens is 3. The Hall–Kier alpha value is -2.00. The smallest absolute Gasteiger partial charge is 0.253 e. The Bertz CT molecular complexity index is 963. The molecule has 1 amide bonds. The third-order valence-corrected chi connectivity index (χ3v) is 7.15. The number of amides is 1. The van der Waals surface area contributed by atoms with E-state index in [0.717, 1.165) is 37.0 Å². The molecule has 9 heteroatoms. The summed E-state index contributed by atoms with van der Waals surface area (Å²) in [6, 6.07) is 1.42. The molecule has 0 unspecified atom stereocenters. The molecule has 2 fully saturated rings. The molecule has 4 heterocycles. The molecule has 1 N–H and O–H groups in total. The summed E-state index contributed by atoms with van der Waals surface area (Å²) in [6.07, 6.45) is 5.40. The topological polar surface area (TPSA) is 97.2 Å². The van der Waals surface area contributed by atoms with Gasteiger partial charge < -0.3 is 5.32 Å². The van der Waals surface area contributed by atoms with Crippen molar-refractivity contribution in [3.05, 3.63) is 24.0 Å². The van der Waals surface area contributed by atoms with Crippen LogP contribution in [0.15, 0.2) is 18.5 Å². The zero-order chi connectivity index (χ0) is 19.2. The largest absolute Gasteiger partial charge is 0.347 e. The zero-order valence-corrected chi connectivity index (χ0v) is 16.4. The lowest BCUT2D eigenvalue weighted by Crippen LogP contribution is -2.50. The number of nitrogens with one attached hydrogen (secondary N) is 1. The van der Waals surface area contributed by atoms with E-state index < -0.39 is 9.84 Å². The number of rotatable bonds is 4. The number of fused-ring (bicyclic) bond motifs is 1. The van der Waals surface area contributed by atoms with Gasteiger partial charge in [-0.15, -0.1) is 0 Å². The molecule has 0 aliphatic carbocycles. The van der Waals surface area contributed by atoms with Crippen LogP contribution >= 0.6 is 0 Å². The van der Waals surface area contributed by atoms with Crippen LogP contribution in [-0.2, 0) is 9.84 Å². The molecule has 2 aromatic heterocycles. The lowest BCUT2D eigenvalue weighted by molar-refractivity contribution is 0.0918. The molecule has 0 aromatic carbocycles. The minimum atomic E-state index is -3.14. The summed E-state index contributed by atoms with van der Waals surface area (Å²) in [7, 11) is -3.14. The third kappa shape index (κ3) is 3.58. The van der Waals surface area contributed by atoms with Crippen molar-refractivity contribution in [2.75, 3.05) is 24.6 Å². The summed E-state index contributed by atoms with van der Waals surface area (Å²) in [5.41, 5.74) is 1.16. The fourth-order valence-corrected chi connectivity index (χ4v) is 6.05. The van der Waals surface area contributed by atoms with Crippen LogP contribution in [0.5, 0.6) is 0 Å². The predicted octanol–water partition coefficient (Wildman–Crippen LogP) is 1.00. The third-order valence-electron chi connectivity index (χ3n) is 5.43. The summed E-state index contributed by atoms with van der Waals surface area (Å²) in [5.74, 6) is -0.162. The van der Waals surface area contributed by atoms with E-state index in [4.69, 9.17) is 0 Å². The van der Waals surface area contributed by atoms with Crippen molar-refractivity contribution >= 4 is 26.8 Å². The van der Waals surface area contributed by atoms with Crippen molar-refractivity contribution in [1.29, 1.82) is 0 Å². The Balaban J connectivity index is 1.54. The molecule has 8 nitrogen and oxygen atoms in total. The van der Waals surface area contributed by atoms with Crippen molar-refractivity contribution in [1.82, 2.24) is 25.0 Å². The van der Waals surface area contributed by atoms with Gasteiger partial charge in [0.2, 0.25) is 0 Å². The average molecular weight is 391 g/mol. The molecule has 0 spiro atoms. The second kappa shape index (κ2) is 6.87. The van der Waals surface area contributed by atoms with Gasteiger partial charge >= 0.3 is 0 Å². The number of sulfone groups is 1. The van der Waals surface area contributed by atoms with Crippen LogP contribution in [0.3, 0.4) is 0 Å². The lowest BCUT2D eigenvalue weighted by atomic mass is 10.1. The Labute approximate surface area is 158 Å². The van der Waals surface area contributed by atoms with Crippen molar-refractivity contribution in [2.24, 2.45) is 0 Å². The average Bonchev–Trinajstić information content (AvgIpc) is 3.32. The fraction of sp³-hybridized carbons (Fsp3) is 0.611. The van der Waals surface area contributed by atoms with Gasteiger partial charge in [0.05, 0.1) is 29.3 Å². The van der Waals surface area contributed by atoms with Gasteiger partial charge in [0, 0.05) is 23.7 Å². The molecule has 2 atom stereocenters. The molecule has 2 aliphatic heterocycles. The first-order valence-corrected chi connectivity index (χ1v) is 11.2. The molecule has 2 aromatic rings. The molecule has 146 valence electrons. The number of hydrogen-bond donors (Lipinski definition) is 1. The number of likely N-dealkylation sites (tertiary alicyclic amines) is 1. The van der Waals surface area contributed by atoms with Gasteiger partial charge in [0.15, 0.2) is 15.5 Å². The highest BCUT2D eigenvalue weighted by atomic mass is 32.2. The Kier molecular flexibility index (Phi) is 4.67. The maximum absolute atomic E-state index is 12.8. The highest BCUT2D eigenvalue weighted by Crippen LogP contribution is 2.23. The quantitative estimate of drug-likeness (QED) is 0.835. The fourth-order valence-electron chi connectivity index (χ4n) is 4.09. The first-order chi connectivity index (χ1) is 12.8. The van der Waals surface area contributed by atoms with E-state index in [0.29, 0.717) is 5.56 Å². The molecular formula is C18H25N5O3S. The second-order valence-corrected chi connectivity index (χ2v) is 9.94. The van der Waals surface area contributed by atoms with E-state index in [2.05, 4.69) is 20.3 Å². The number of carbonyl (C=O) groups is 1. The monoisotopic (exact) mass is 391 g/mol. The van der Waals surface area contributed by atoms with Crippen molar-refractivity contribution < 1.29 is 13.2 Å². The molecule has 2 saturated heterocycles. The van der Waals surface area contributed by atoms with E-state index in [9.17, 15) is 13.2 Å². The van der Waals surface area contributed by atoms with Gasteiger partial charge in [-0.2, -0.15) is 5.10 Å². The van der Waals surface area contributed by atoms with E-state index in [1.54, 1.807) is 12.3 Å². The van der Waals surface area contributed by atoms with Gasteiger partial charge in [0.25, 0.3) is 5.91 Å². The SMILES string of the molecule is CC(C)n1ncc2cc(C(=O)N[C@H]3CS(=O)(=O)C[C@@H]3N3CCCC3)cnc21. The summed E-state index contributed by atoms with van der Waals surface area (Å²) in [4.78, 5) is 19.4. The molecular weight excluding hydrogens is 366 g/mol. The van der Waals surface area contributed by atoms with E-state index in [1.165, 1.54) is 6.20 Å². The Morgan fingerprint density at radius 1 is 1.22 bits per heavy atom. The molecule has 0 bridgehead atoms. The summed E-state index contributed by atoms with van der Waals surface area (Å²) in [5, 5.41) is 8.06. The van der Waals surface area contributed by atoms with Gasteiger partial charge in [-0.25, -0.2) is 18.1 Å². The molecule has 0 saturated carbocycles. The van der Waals surface area contributed by atoms with E-state index >= 15 is 0 Å². The van der Waals surface area contributed by atoms with Gasteiger partial charge in [-0.3, -0.25) is 9.69 Å². The highest BCUT2D eigenvalue weighted by Gasteiger charge is 2.42.